The van der Waals surface area contributed by atoms with Crippen LogP contribution in [0.15, 0.2) is 66.7 Å². The predicted octanol–water partition coefficient (Wildman–Crippen LogP) is 4.76. The minimum atomic E-state index is -0.277. The molecule has 7 nitrogen and oxygen atoms in total. The van der Waals surface area contributed by atoms with E-state index in [1.807, 2.05) is 24.3 Å². The second-order valence-electron chi connectivity index (χ2n) is 7.72. The highest BCUT2D eigenvalue weighted by Gasteiger charge is 2.16. The summed E-state index contributed by atoms with van der Waals surface area (Å²) in [5, 5.41) is 5.74. The first-order valence-electron chi connectivity index (χ1n) is 11.0. The van der Waals surface area contributed by atoms with Gasteiger partial charge in [-0.05, 0) is 67.2 Å². The van der Waals surface area contributed by atoms with E-state index in [-0.39, 0.29) is 18.6 Å². The number of ether oxygens (including phenoxy) is 2. The third kappa shape index (κ3) is 5.51. The lowest BCUT2D eigenvalue weighted by Gasteiger charge is -2.18. The fraction of sp³-hybridized carbons (Fsp3) is 0.231. The van der Waals surface area contributed by atoms with Gasteiger partial charge in [-0.25, -0.2) is 0 Å². The van der Waals surface area contributed by atoms with E-state index in [2.05, 4.69) is 29.4 Å². The average molecular weight is 446 g/mol. The first-order chi connectivity index (χ1) is 16.1. The van der Waals surface area contributed by atoms with Crippen LogP contribution in [0.25, 0.3) is 0 Å². The predicted molar refractivity (Wildman–Crippen MR) is 128 cm³/mol. The van der Waals surface area contributed by atoms with Crippen LogP contribution in [0, 0.1) is 0 Å². The Morgan fingerprint density at radius 3 is 2.06 bits per heavy atom. The van der Waals surface area contributed by atoms with Crippen molar-refractivity contribution in [2.45, 2.75) is 20.4 Å². The monoisotopic (exact) mass is 445 g/mol. The minimum Gasteiger partial charge on any atom is -0.454 e. The van der Waals surface area contributed by atoms with Crippen molar-refractivity contribution in [2.75, 3.05) is 30.5 Å². The smallest absolute Gasteiger partial charge is 0.255 e. The highest BCUT2D eigenvalue weighted by atomic mass is 16.7. The van der Waals surface area contributed by atoms with Gasteiger partial charge in [0.1, 0.15) is 0 Å². The summed E-state index contributed by atoms with van der Waals surface area (Å²) in [5.41, 5.74) is 3.37. The molecule has 0 radical (unpaired) electrons. The molecule has 1 heterocycles. The standard InChI is InChI=1S/C26H27N3O4/c1-3-29(4-2)16-18-8-10-19(11-9-18)25(30)27-21-6-5-7-22(15-21)28-26(31)20-12-13-23-24(14-20)33-17-32-23/h5-15H,3-4,16-17H2,1-2H3,(H,27,30)(H,28,31). The molecule has 7 heteroatoms. The summed E-state index contributed by atoms with van der Waals surface area (Å²) in [6.45, 7) is 7.26. The van der Waals surface area contributed by atoms with Crippen molar-refractivity contribution < 1.29 is 19.1 Å². The van der Waals surface area contributed by atoms with Crippen LogP contribution in [0.5, 0.6) is 11.5 Å². The van der Waals surface area contributed by atoms with Crippen molar-refractivity contribution in [1.29, 1.82) is 0 Å². The Kier molecular flexibility index (Phi) is 6.90. The van der Waals surface area contributed by atoms with Crippen LogP contribution in [0.3, 0.4) is 0 Å². The number of rotatable bonds is 8. The Bertz CT molecular complexity index is 1140. The molecule has 0 fully saturated rings. The summed E-state index contributed by atoms with van der Waals surface area (Å²) < 4.78 is 10.6. The van der Waals surface area contributed by atoms with Gasteiger partial charge in [-0.3, -0.25) is 14.5 Å². The number of carbonyl (C=O) groups excluding carboxylic acids is 2. The van der Waals surface area contributed by atoms with Crippen LogP contribution in [0.1, 0.15) is 40.1 Å². The van der Waals surface area contributed by atoms with Gasteiger partial charge < -0.3 is 20.1 Å². The second kappa shape index (κ2) is 10.2. The van der Waals surface area contributed by atoms with Crippen molar-refractivity contribution >= 4 is 23.2 Å². The van der Waals surface area contributed by atoms with Crippen molar-refractivity contribution in [3.05, 3.63) is 83.4 Å². The molecule has 1 aliphatic heterocycles. The molecule has 0 aliphatic carbocycles. The summed E-state index contributed by atoms with van der Waals surface area (Å²) in [5.74, 6) is 0.688. The SMILES string of the molecule is CCN(CC)Cc1ccc(C(=O)Nc2cccc(NC(=O)c3ccc4c(c3)OCO4)c2)cc1. The molecule has 0 bridgehead atoms. The number of fused-ring (bicyclic) bond motifs is 1. The fourth-order valence-electron chi connectivity index (χ4n) is 3.59. The quantitative estimate of drug-likeness (QED) is 0.523. The van der Waals surface area contributed by atoms with Gasteiger partial charge in [0.25, 0.3) is 11.8 Å². The molecule has 0 atom stereocenters. The lowest BCUT2D eigenvalue weighted by Crippen LogP contribution is -2.22. The Morgan fingerprint density at radius 1 is 0.788 bits per heavy atom. The van der Waals surface area contributed by atoms with E-state index in [0.717, 1.165) is 19.6 Å². The average Bonchev–Trinajstić information content (AvgIpc) is 3.31. The van der Waals surface area contributed by atoms with E-state index < -0.39 is 0 Å². The zero-order valence-corrected chi connectivity index (χ0v) is 18.8. The van der Waals surface area contributed by atoms with Crippen LogP contribution in [0.2, 0.25) is 0 Å². The normalized spacial score (nSPS) is 12.0. The second-order valence-corrected chi connectivity index (χ2v) is 7.72. The molecule has 0 saturated carbocycles. The number of hydrogen-bond donors (Lipinski definition) is 2. The molecule has 2 amide bonds. The molecule has 3 aromatic rings. The highest BCUT2D eigenvalue weighted by molar-refractivity contribution is 6.06. The molecule has 170 valence electrons. The lowest BCUT2D eigenvalue weighted by atomic mass is 10.1. The summed E-state index contributed by atoms with van der Waals surface area (Å²) in [7, 11) is 0. The van der Waals surface area contributed by atoms with Crippen LogP contribution in [-0.4, -0.2) is 36.6 Å². The fourth-order valence-corrected chi connectivity index (χ4v) is 3.59. The summed E-state index contributed by atoms with van der Waals surface area (Å²) in [4.78, 5) is 27.6. The molecule has 33 heavy (non-hydrogen) atoms. The Labute approximate surface area is 193 Å². The molecule has 3 aromatic carbocycles. The van der Waals surface area contributed by atoms with Gasteiger partial charge in [0.15, 0.2) is 11.5 Å². The van der Waals surface area contributed by atoms with Gasteiger partial charge >= 0.3 is 0 Å². The third-order valence-electron chi connectivity index (χ3n) is 5.53. The number of hydrogen-bond acceptors (Lipinski definition) is 5. The van der Waals surface area contributed by atoms with Crippen molar-refractivity contribution in [3.63, 3.8) is 0 Å². The topological polar surface area (TPSA) is 79.9 Å². The van der Waals surface area contributed by atoms with Crippen LogP contribution in [-0.2, 0) is 6.54 Å². The van der Waals surface area contributed by atoms with E-state index >= 15 is 0 Å². The molecule has 2 N–H and O–H groups in total. The number of benzene rings is 3. The summed E-state index contributed by atoms with van der Waals surface area (Å²) in [6.07, 6.45) is 0. The van der Waals surface area contributed by atoms with E-state index in [9.17, 15) is 9.59 Å². The van der Waals surface area contributed by atoms with Gasteiger partial charge in [0.05, 0.1) is 0 Å². The Hall–Kier alpha value is -3.84. The van der Waals surface area contributed by atoms with Crippen molar-refractivity contribution in [1.82, 2.24) is 4.90 Å². The molecule has 0 spiro atoms. The van der Waals surface area contributed by atoms with Gasteiger partial charge in [0, 0.05) is 29.0 Å². The van der Waals surface area contributed by atoms with Gasteiger partial charge in [-0.1, -0.05) is 32.0 Å². The minimum absolute atomic E-state index is 0.154. The number of carbonyl (C=O) groups is 2. The molecule has 4 rings (SSSR count). The zero-order valence-electron chi connectivity index (χ0n) is 18.8. The maximum absolute atomic E-state index is 12.7. The van der Waals surface area contributed by atoms with E-state index in [4.69, 9.17) is 9.47 Å². The van der Waals surface area contributed by atoms with E-state index in [0.29, 0.717) is 34.0 Å². The lowest BCUT2D eigenvalue weighted by molar-refractivity contribution is 0.101. The summed E-state index contributed by atoms with van der Waals surface area (Å²) in [6, 6.07) is 19.7. The molecule has 0 aromatic heterocycles. The molecular formula is C26H27N3O4. The van der Waals surface area contributed by atoms with Crippen LogP contribution in [0.4, 0.5) is 11.4 Å². The van der Waals surface area contributed by atoms with Gasteiger partial charge in [-0.15, -0.1) is 0 Å². The highest BCUT2D eigenvalue weighted by Crippen LogP contribution is 2.32. The summed E-state index contributed by atoms with van der Waals surface area (Å²) >= 11 is 0. The first-order valence-corrected chi connectivity index (χ1v) is 11.0. The largest absolute Gasteiger partial charge is 0.454 e. The Morgan fingerprint density at radius 2 is 1.39 bits per heavy atom. The zero-order chi connectivity index (χ0) is 23.2. The van der Waals surface area contributed by atoms with Crippen LogP contribution >= 0.6 is 0 Å². The van der Waals surface area contributed by atoms with Gasteiger partial charge in [-0.2, -0.15) is 0 Å². The molecular weight excluding hydrogens is 418 g/mol. The van der Waals surface area contributed by atoms with Gasteiger partial charge in [0.2, 0.25) is 6.79 Å². The Balaban J connectivity index is 1.38. The number of nitrogens with zero attached hydrogens (tertiary/aromatic N) is 1. The number of anilines is 2. The van der Waals surface area contributed by atoms with Crippen molar-refractivity contribution in [3.8, 4) is 11.5 Å². The number of nitrogens with one attached hydrogen (secondary N) is 2. The van der Waals surface area contributed by atoms with Crippen LogP contribution < -0.4 is 20.1 Å². The molecule has 1 aliphatic rings. The third-order valence-corrected chi connectivity index (χ3v) is 5.53. The first kappa shape index (κ1) is 22.4. The molecule has 0 saturated heterocycles. The maximum Gasteiger partial charge on any atom is 0.255 e. The number of amides is 2. The van der Waals surface area contributed by atoms with E-state index in [1.165, 1.54) is 5.56 Å². The maximum atomic E-state index is 12.7. The van der Waals surface area contributed by atoms with E-state index in [1.54, 1.807) is 42.5 Å². The molecule has 0 unspecified atom stereocenters. The van der Waals surface area contributed by atoms with Crippen molar-refractivity contribution in [2.24, 2.45) is 0 Å².